The molecular formula is C8H15N3OS. The highest BCUT2D eigenvalue weighted by Crippen LogP contribution is 2.19. The molecule has 0 fully saturated rings. The summed E-state index contributed by atoms with van der Waals surface area (Å²) < 4.78 is 9.36. The molecule has 0 spiro atoms. The van der Waals surface area contributed by atoms with Crippen LogP contribution in [0.15, 0.2) is 0 Å². The lowest BCUT2D eigenvalue weighted by molar-refractivity contribution is -0.0327. The Labute approximate surface area is 82.3 Å². The summed E-state index contributed by atoms with van der Waals surface area (Å²) in [5, 5.41) is 4.52. The third kappa shape index (κ3) is 2.93. The molecule has 1 heterocycles. The Morgan fingerprint density at radius 3 is 2.69 bits per heavy atom. The van der Waals surface area contributed by atoms with Gasteiger partial charge in [0, 0.05) is 11.5 Å². The summed E-state index contributed by atoms with van der Waals surface area (Å²) in [4.78, 5) is 0. The van der Waals surface area contributed by atoms with Gasteiger partial charge >= 0.3 is 0 Å². The lowest BCUT2D eigenvalue weighted by atomic mass is 10.1. The smallest absolute Gasteiger partial charge is 0.133 e. The fraction of sp³-hybridized carbons (Fsp3) is 0.750. The fourth-order valence-corrected chi connectivity index (χ4v) is 1.11. The average Bonchev–Trinajstić information content (AvgIpc) is 2.48. The van der Waals surface area contributed by atoms with Crippen LogP contribution >= 0.6 is 11.5 Å². The van der Waals surface area contributed by atoms with Gasteiger partial charge in [0.05, 0.1) is 12.2 Å². The molecule has 0 aliphatic carbocycles. The van der Waals surface area contributed by atoms with E-state index in [0.29, 0.717) is 11.6 Å². The maximum atomic E-state index is 5.63. The number of ether oxygens (including phenoxy) is 1. The van der Waals surface area contributed by atoms with Crippen molar-refractivity contribution in [2.75, 3.05) is 5.73 Å². The summed E-state index contributed by atoms with van der Waals surface area (Å²) >= 11 is 1.20. The van der Waals surface area contributed by atoms with Crippen LogP contribution in [0.5, 0.6) is 0 Å². The van der Waals surface area contributed by atoms with Crippen LogP contribution < -0.4 is 5.73 Å². The highest BCUT2D eigenvalue weighted by Gasteiger charge is 2.16. The van der Waals surface area contributed by atoms with E-state index >= 15 is 0 Å². The Bertz CT molecular complexity index is 272. The van der Waals surface area contributed by atoms with Crippen molar-refractivity contribution in [2.45, 2.75) is 39.4 Å². The maximum absolute atomic E-state index is 5.63. The van der Waals surface area contributed by atoms with Crippen LogP contribution in [0.4, 0.5) is 5.00 Å². The Kier molecular flexibility index (Phi) is 3.22. The van der Waals surface area contributed by atoms with Crippen LogP contribution in [0.25, 0.3) is 0 Å². The van der Waals surface area contributed by atoms with Crippen LogP contribution in [0.2, 0.25) is 0 Å². The van der Waals surface area contributed by atoms with Gasteiger partial charge in [0.1, 0.15) is 10.7 Å². The predicted molar refractivity (Wildman–Crippen MR) is 53.5 cm³/mol. The molecule has 13 heavy (non-hydrogen) atoms. The Morgan fingerprint density at radius 1 is 1.54 bits per heavy atom. The summed E-state index contributed by atoms with van der Waals surface area (Å²) in [5.41, 5.74) is 6.25. The van der Waals surface area contributed by atoms with Gasteiger partial charge in [-0.2, -0.15) is 0 Å². The topological polar surface area (TPSA) is 61.0 Å². The lowest BCUT2D eigenvalue weighted by Gasteiger charge is -2.22. The highest BCUT2D eigenvalue weighted by molar-refractivity contribution is 7.09. The van der Waals surface area contributed by atoms with E-state index in [1.807, 2.05) is 13.8 Å². The second kappa shape index (κ2) is 4.02. The minimum absolute atomic E-state index is 0.115. The Morgan fingerprint density at radius 2 is 2.23 bits per heavy atom. The number of anilines is 1. The summed E-state index contributed by atoms with van der Waals surface area (Å²) in [6, 6.07) is 0. The molecule has 0 bridgehead atoms. The van der Waals surface area contributed by atoms with Crippen molar-refractivity contribution in [1.82, 2.24) is 9.59 Å². The van der Waals surface area contributed by atoms with Crippen molar-refractivity contribution in [3.8, 4) is 0 Å². The van der Waals surface area contributed by atoms with E-state index in [-0.39, 0.29) is 5.60 Å². The third-order valence-electron chi connectivity index (χ3n) is 2.04. The minimum atomic E-state index is -0.115. The molecule has 0 aliphatic rings. The van der Waals surface area contributed by atoms with Crippen molar-refractivity contribution in [3.63, 3.8) is 0 Å². The fourth-order valence-electron chi connectivity index (χ4n) is 0.681. The average molecular weight is 201 g/mol. The van der Waals surface area contributed by atoms with E-state index in [0.717, 1.165) is 12.1 Å². The van der Waals surface area contributed by atoms with E-state index in [2.05, 4.69) is 16.5 Å². The zero-order chi connectivity index (χ0) is 9.90. The zero-order valence-electron chi connectivity index (χ0n) is 8.20. The normalized spacial score (nSPS) is 11.9. The first-order chi connectivity index (χ1) is 6.05. The molecule has 2 N–H and O–H groups in total. The maximum Gasteiger partial charge on any atom is 0.133 e. The number of nitrogens with zero attached hydrogens (tertiary/aromatic N) is 2. The van der Waals surface area contributed by atoms with Crippen molar-refractivity contribution in [1.29, 1.82) is 0 Å². The van der Waals surface area contributed by atoms with E-state index in [9.17, 15) is 0 Å². The quantitative estimate of drug-likeness (QED) is 0.807. The molecule has 0 aliphatic heterocycles. The molecule has 74 valence electrons. The summed E-state index contributed by atoms with van der Waals surface area (Å²) in [7, 11) is 0. The second-order valence-corrected chi connectivity index (χ2v) is 4.27. The van der Waals surface area contributed by atoms with Crippen molar-refractivity contribution < 1.29 is 4.74 Å². The second-order valence-electron chi connectivity index (χ2n) is 3.49. The van der Waals surface area contributed by atoms with E-state index in [1.165, 1.54) is 11.5 Å². The standard InChI is InChI=1S/C8H15N3OS/c1-4-8(2,3)12-5-6-7(9)13-11-10-6/h4-5,9H2,1-3H3. The van der Waals surface area contributed by atoms with Crippen LogP contribution in [0, 0.1) is 0 Å². The van der Waals surface area contributed by atoms with Gasteiger partial charge in [-0.15, -0.1) is 5.10 Å². The molecule has 0 unspecified atom stereocenters. The van der Waals surface area contributed by atoms with Gasteiger partial charge < -0.3 is 10.5 Å². The van der Waals surface area contributed by atoms with Gasteiger partial charge in [0.25, 0.3) is 0 Å². The first kappa shape index (κ1) is 10.4. The number of hydrogen-bond acceptors (Lipinski definition) is 5. The number of rotatable bonds is 4. The van der Waals surface area contributed by atoms with Gasteiger partial charge in [0.15, 0.2) is 0 Å². The molecule has 0 amide bonds. The zero-order valence-corrected chi connectivity index (χ0v) is 9.02. The summed E-state index contributed by atoms with van der Waals surface area (Å²) in [5.74, 6) is 0. The molecule has 0 radical (unpaired) electrons. The molecule has 1 aromatic heterocycles. The minimum Gasteiger partial charge on any atom is -0.388 e. The van der Waals surface area contributed by atoms with Gasteiger partial charge in [-0.25, -0.2) is 0 Å². The Balaban J connectivity index is 2.48. The largest absolute Gasteiger partial charge is 0.388 e. The molecule has 1 rings (SSSR count). The Hall–Kier alpha value is -0.680. The number of hydrogen-bond donors (Lipinski definition) is 1. The summed E-state index contributed by atoms with van der Waals surface area (Å²) in [6.07, 6.45) is 0.963. The van der Waals surface area contributed by atoms with Crippen molar-refractivity contribution in [3.05, 3.63) is 5.69 Å². The van der Waals surface area contributed by atoms with Crippen LogP contribution in [0.3, 0.4) is 0 Å². The van der Waals surface area contributed by atoms with Crippen LogP contribution in [-0.2, 0) is 11.3 Å². The van der Waals surface area contributed by atoms with Crippen LogP contribution in [-0.4, -0.2) is 15.2 Å². The van der Waals surface area contributed by atoms with Gasteiger partial charge in [-0.3, -0.25) is 0 Å². The molecule has 0 atom stereocenters. The monoisotopic (exact) mass is 201 g/mol. The van der Waals surface area contributed by atoms with E-state index in [1.54, 1.807) is 0 Å². The van der Waals surface area contributed by atoms with Gasteiger partial charge in [-0.05, 0) is 20.3 Å². The molecule has 1 aromatic rings. The number of nitrogens with two attached hydrogens (primary N) is 1. The highest BCUT2D eigenvalue weighted by atomic mass is 32.1. The first-order valence-electron chi connectivity index (χ1n) is 4.26. The predicted octanol–water partition coefficient (Wildman–Crippen LogP) is 1.83. The SMILES string of the molecule is CCC(C)(C)OCc1nnsc1N. The number of nitrogen functional groups attached to an aromatic ring is 1. The van der Waals surface area contributed by atoms with Crippen molar-refractivity contribution in [2.24, 2.45) is 0 Å². The molecule has 0 saturated heterocycles. The molecular weight excluding hydrogens is 186 g/mol. The molecule has 5 heteroatoms. The van der Waals surface area contributed by atoms with Gasteiger partial charge in [-0.1, -0.05) is 11.4 Å². The summed E-state index contributed by atoms with van der Waals surface area (Å²) in [6.45, 7) is 6.62. The van der Waals surface area contributed by atoms with Gasteiger partial charge in [0.2, 0.25) is 0 Å². The lowest BCUT2D eigenvalue weighted by Crippen LogP contribution is -2.22. The third-order valence-corrected chi connectivity index (χ3v) is 2.63. The molecule has 0 aromatic carbocycles. The first-order valence-corrected chi connectivity index (χ1v) is 5.03. The molecule has 0 saturated carbocycles. The van der Waals surface area contributed by atoms with Crippen LogP contribution in [0.1, 0.15) is 32.9 Å². The van der Waals surface area contributed by atoms with E-state index in [4.69, 9.17) is 10.5 Å². The number of aromatic nitrogens is 2. The van der Waals surface area contributed by atoms with E-state index < -0.39 is 0 Å². The van der Waals surface area contributed by atoms with Crippen molar-refractivity contribution >= 4 is 16.5 Å². The molecule has 4 nitrogen and oxygen atoms in total.